The summed E-state index contributed by atoms with van der Waals surface area (Å²) in [7, 11) is 0. The zero-order valence-corrected chi connectivity index (χ0v) is 19.7. The maximum atomic E-state index is 12.8. The highest BCUT2D eigenvalue weighted by Crippen LogP contribution is 2.33. The van der Waals surface area contributed by atoms with Gasteiger partial charge in [-0.05, 0) is 74.5 Å². The van der Waals surface area contributed by atoms with Crippen molar-refractivity contribution in [2.75, 3.05) is 5.32 Å². The molecule has 3 aromatic carbocycles. The highest BCUT2D eigenvalue weighted by atomic mass is 79.9. The van der Waals surface area contributed by atoms with Gasteiger partial charge in [0, 0.05) is 15.2 Å². The van der Waals surface area contributed by atoms with Gasteiger partial charge in [0.15, 0.2) is 11.2 Å². The lowest BCUT2D eigenvalue weighted by Crippen LogP contribution is -2.42. The predicted octanol–water partition coefficient (Wildman–Crippen LogP) is 7.36. The first-order valence-corrected chi connectivity index (χ1v) is 10.9. The third kappa shape index (κ3) is 4.87. The number of ether oxygens (including phenoxy) is 1. The molecule has 0 saturated carbocycles. The molecule has 1 amide bonds. The summed E-state index contributed by atoms with van der Waals surface area (Å²) >= 11 is 15.6. The molecule has 0 aliphatic heterocycles. The summed E-state index contributed by atoms with van der Waals surface area (Å²) in [6, 6.07) is 17.5. The average molecular weight is 520 g/mol. The summed E-state index contributed by atoms with van der Waals surface area (Å²) in [5.74, 6) is 0.642. The van der Waals surface area contributed by atoms with Crippen LogP contribution in [0.3, 0.4) is 0 Å². The van der Waals surface area contributed by atoms with Crippen LogP contribution in [-0.4, -0.2) is 16.5 Å². The van der Waals surface area contributed by atoms with E-state index in [4.69, 9.17) is 32.4 Å². The van der Waals surface area contributed by atoms with Crippen LogP contribution >= 0.6 is 39.1 Å². The standard InChI is InChI=1S/C23H17BrCl2N2O3/c1-23(2,31-16-7-4-14(25)5-8-16)22(29)27-15-6-10-20-19(12-15)28-21(30-20)17-11-13(24)3-9-18(17)26/h3-12H,1-2H3,(H,27,29). The number of anilines is 1. The monoisotopic (exact) mass is 518 g/mol. The molecular formula is C23H17BrCl2N2O3. The molecule has 8 heteroatoms. The molecule has 0 fully saturated rings. The van der Waals surface area contributed by atoms with E-state index in [0.29, 0.717) is 44.0 Å². The van der Waals surface area contributed by atoms with Gasteiger partial charge in [-0.1, -0.05) is 39.1 Å². The third-order valence-corrected chi connectivity index (χ3v) is 5.61. The molecule has 0 unspecified atom stereocenters. The Morgan fingerprint density at radius 1 is 1.06 bits per heavy atom. The summed E-state index contributed by atoms with van der Waals surface area (Å²) < 4.78 is 12.5. The van der Waals surface area contributed by atoms with Crippen molar-refractivity contribution in [1.82, 2.24) is 4.98 Å². The van der Waals surface area contributed by atoms with E-state index in [9.17, 15) is 4.79 Å². The number of carbonyl (C=O) groups is 1. The summed E-state index contributed by atoms with van der Waals surface area (Å²) in [5, 5.41) is 4.00. The van der Waals surface area contributed by atoms with Crippen molar-refractivity contribution in [2.24, 2.45) is 0 Å². The van der Waals surface area contributed by atoms with Gasteiger partial charge in [0.2, 0.25) is 5.89 Å². The van der Waals surface area contributed by atoms with Crippen LogP contribution in [0.5, 0.6) is 5.75 Å². The van der Waals surface area contributed by atoms with E-state index >= 15 is 0 Å². The molecule has 0 bridgehead atoms. The zero-order valence-electron chi connectivity index (χ0n) is 16.6. The number of aromatic nitrogens is 1. The Labute approximate surface area is 197 Å². The molecule has 31 heavy (non-hydrogen) atoms. The lowest BCUT2D eigenvalue weighted by atomic mass is 10.1. The fraction of sp³-hybridized carbons (Fsp3) is 0.130. The van der Waals surface area contributed by atoms with Crippen molar-refractivity contribution < 1.29 is 13.9 Å². The summed E-state index contributed by atoms with van der Waals surface area (Å²) in [5.41, 5.74) is 1.32. The molecule has 158 valence electrons. The van der Waals surface area contributed by atoms with Gasteiger partial charge in [0.05, 0.1) is 10.6 Å². The molecule has 4 aromatic rings. The Kier molecular flexibility index (Phi) is 5.97. The minimum absolute atomic E-state index is 0.305. The lowest BCUT2D eigenvalue weighted by Gasteiger charge is -2.25. The number of oxazole rings is 1. The molecule has 0 atom stereocenters. The number of rotatable bonds is 5. The second-order valence-electron chi connectivity index (χ2n) is 7.35. The fourth-order valence-corrected chi connectivity index (χ4v) is 3.59. The Morgan fingerprint density at radius 2 is 1.81 bits per heavy atom. The van der Waals surface area contributed by atoms with Gasteiger partial charge < -0.3 is 14.5 Å². The minimum Gasteiger partial charge on any atom is -0.478 e. The lowest BCUT2D eigenvalue weighted by molar-refractivity contribution is -0.128. The first-order valence-electron chi connectivity index (χ1n) is 9.33. The van der Waals surface area contributed by atoms with Crippen LogP contribution in [0.4, 0.5) is 5.69 Å². The second-order valence-corrected chi connectivity index (χ2v) is 9.11. The van der Waals surface area contributed by atoms with Gasteiger partial charge in [-0.3, -0.25) is 4.79 Å². The molecule has 0 saturated heterocycles. The number of amides is 1. The highest BCUT2D eigenvalue weighted by Gasteiger charge is 2.30. The van der Waals surface area contributed by atoms with Crippen LogP contribution < -0.4 is 10.1 Å². The Hall–Kier alpha value is -2.54. The molecule has 1 heterocycles. The number of halogens is 3. The SMILES string of the molecule is CC(C)(Oc1ccc(Cl)cc1)C(=O)Nc1ccc2oc(-c3cc(Br)ccc3Cl)nc2c1. The number of hydrogen-bond donors (Lipinski definition) is 1. The number of nitrogens with zero attached hydrogens (tertiary/aromatic N) is 1. The minimum atomic E-state index is -1.11. The number of hydrogen-bond acceptors (Lipinski definition) is 4. The normalized spacial score (nSPS) is 11.5. The number of fused-ring (bicyclic) bond motifs is 1. The summed E-state index contributed by atoms with van der Waals surface area (Å²) in [6.07, 6.45) is 0. The smallest absolute Gasteiger partial charge is 0.267 e. The first-order chi connectivity index (χ1) is 14.7. The van der Waals surface area contributed by atoms with Crippen molar-refractivity contribution >= 4 is 61.8 Å². The Balaban J connectivity index is 1.55. The number of carbonyl (C=O) groups excluding carboxylic acids is 1. The van der Waals surface area contributed by atoms with E-state index < -0.39 is 5.60 Å². The topological polar surface area (TPSA) is 64.4 Å². The van der Waals surface area contributed by atoms with Gasteiger partial charge in [0.25, 0.3) is 5.91 Å². The molecule has 0 spiro atoms. The van der Waals surface area contributed by atoms with Gasteiger partial charge in [-0.15, -0.1) is 0 Å². The van der Waals surface area contributed by atoms with E-state index in [1.54, 1.807) is 62.4 Å². The van der Waals surface area contributed by atoms with Crippen molar-refractivity contribution in [2.45, 2.75) is 19.4 Å². The molecule has 0 aliphatic carbocycles. The molecule has 1 aromatic heterocycles. The Morgan fingerprint density at radius 3 is 2.55 bits per heavy atom. The van der Waals surface area contributed by atoms with Crippen LogP contribution in [0.1, 0.15) is 13.8 Å². The van der Waals surface area contributed by atoms with Gasteiger partial charge in [0.1, 0.15) is 11.3 Å². The predicted molar refractivity (Wildman–Crippen MR) is 127 cm³/mol. The van der Waals surface area contributed by atoms with Crippen molar-refractivity contribution in [3.63, 3.8) is 0 Å². The van der Waals surface area contributed by atoms with E-state index in [-0.39, 0.29) is 5.91 Å². The quantitative estimate of drug-likeness (QED) is 0.299. The average Bonchev–Trinajstić information content (AvgIpc) is 3.14. The maximum Gasteiger partial charge on any atom is 0.267 e. The number of nitrogens with one attached hydrogen (secondary N) is 1. The van der Waals surface area contributed by atoms with Gasteiger partial charge in [-0.25, -0.2) is 4.98 Å². The van der Waals surface area contributed by atoms with E-state index in [1.165, 1.54) is 0 Å². The van der Waals surface area contributed by atoms with Crippen molar-refractivity contribution in [3.05, 3.63) is 75.2 Å². The first kappa shape index (κ1) is 21.7. The fourth-order valence-electron chi connectivity index (χ4n) is 2.91. The Bertz CT molecular complexity index is 1270. The summed E-state index contributed by atoms with van der Waals surface area (Å²) in [4.78, 5) is 17.3. The van der Waals surface area contributed by atoms with E-state index in [0.717, 1.165) is 4.47 Å². The molecule has 0 aliphatic rings. The molecular weight excluding hydrogens is 503 g/mol. The number of benzene rings is 3. The summed E-state index contributed by atoms with van der Waals surface area (Å²) in [6.45, 7) is 3.39. The zero-order chi connectivity index (χ0) is 22.2. The van der Waals surface area contributed by atoms with Crippen LogP contribution in [0.25, 0.3) is 22.6 Å². The molecule has 5 nitrogen and oxygen atoms in total. The van der Waals surface area contributed by atoms with Crippen LogP contribution in [0, 0.1) is 0 Å². The molecule has 0 radical (unpaired) electrons. The van der Waals surface area contributed by atoms with Crippen molar-refractivity contribution in [3.8, 4) is 17.2 Å². The van der Waals surface area contributed by atoms with Crippen LogP contribution in [0.2, 0.25) is 10.0 Å². The second kappa shape index (κ2) is 8.54. The van der Waals surface area contributed by atoms with Gasteiger partial charge in [-0.2, -0.15) is 0 Å². The van der Waals surface area contributed by atoms with Gasteiger partial charge >= 0.3 is 0 Å². The molecule has 1 N–H and O–H groups in total. The maximum absolute atomic E-state index is 12.8. The van der Waals surface area contributed by atoms with Crippen molar-refractivity contribution in [1.29, 1.82) is 0 Å². The van der Waals surface area contributed by atoms with Crippen LogP contribution in [0.15, 0.2) is 69.6 Å². The van der Waals surface area contributed by atoms with E-state index in [1.807, 2.05) is 12.1 Å². The highest BCUT2D eigenvalue weighted by molar-refractivity contribution is 9.10. The molecule has 4 rings (SSSR count). The third-order valence-electron chi connectivity index (χ3n) is 4.54. The van der Waals surface area contributed by atoms with Crippen LogP contribution in [-0.2, 0) is 4.79 Å². The largest absolute Gasteiger partial charge is 0.478 e. The van der Waals surface area contributed by atoms with E-state index in [2.05, 4.69) is 26.2 Å².